The Morgan fingerprint density at radius 1 is 1.50 bits per heavy atom. The van der Waals surface area contributed by atoms with Gasteiger partial charge in [0.1, 0.15) is 17.5 Å². The van der Waals surface area contributed by atoms with E-state index < -0.39 is 0 Å². The Morgan fingerprint density at radius 3 is 2.96 bits per heavy atom. The number of nitrogens with zero attached hydrogens (tertiary/aromatic N) is 4. The Hall–Kier alpha value is -2.59. The number of nitriles is 1. The molecule has 0 unspecified atom stereocenters. The van der Waals surface area contributed by atoms with E-state index in [1.54, 1.807) is 0 Å². The number of carbonyl (C=O) groups is 1. The van der Waals surface area contributed by atoms with Gasteiger partial charge in [-0.05, 0) is 31.9 Å². The highest BCUT2D eigenvalue weighted by Crippen LogP contribution is 2.34. The van der Waals surface area contributed by atoms with E-state index in [1.807, 2.05) is 43.0 Å². The van der Waals surface area contributed by atoms with Crippen molar-refractivity contribution >= 4 is 29.2 Å². The van der Waals surface area contributed by atoms with Crippen molar-refractivity contribution in [3.8, 4) is 6.07 Å². The topological polar surface area (TPSA) is 95.9 Å². The van der Waals surface area contributed by atoms with Gasteiger partial charge in [-0.25, -0.2) is 9.97 Å². The van der Waals surface area contributed by atoms with E-state index in [0.29, 0.717) is 5.16 Å². The van der Waals surface area contributed by atoms with E-state index in [9.17, 15) is 4.79 Å². The standard InChI is InChI=1S/C17H17N5OS/c1-10-7-12-5-3-4-6-14(12)22(10)16(23)11(2)24-17-20-9-13(8-18)15(19)21-17/h3-6,9-11H,7H2,1-2H3,(H2,19,20,21)/t10-,11-/m1/s1. The van der Waals surface area contributed by atoms with Crippen molar-refractivity contribution in [2.45, 2.75) is 36.7 Å². The van der Waals surface area contributed by atoms with Crippen molar-refractivity contribution < 1.29 is 4.79 Å². The molecule has 2 heterocycles. The number of fused-ring (bicyclic) bond motifs is 1. The third kappa shape index (κ3) is 2.93. The smallest absolute Gasteiger partial charge is 0.240 e. The SMILES string of the molecule is C[C@@H]1Cc2ccccc2N1C(=O)[C@@H](C)Sc1ncc(C#N)c(N)n1. The van der Waals surface area contributed by atoms with Crippen molar-refractivity contribution in [3.05, 3.63) is 41.6 Å². The van der Waals surface area contributed by atoms with Crippen LogP contribution >= 0.6 is 11.8 Å². The summed E-state index contributed by atoms with van der Waals surface area (Å²) in [7, 11) is 0. The zero-order valence-corrected chi connectivity index (χ0v) is 14.2. The van der Waals surface area contributed by atoms with Gasteiger partial charge in [0, 0.05) is 11.7 Å². The fourth-order valence-electron chi connectivity index (χ4n) is 2.83. The van der Waals surface area contributed by atoms with Crippen LogP contribution in [0.5, 0.6) is 0 Å². The minimum atomic E-state index is -0.356. The van der Waals surface area contributed by atoms with Crippen LogP contribution in [0.2, 0.25) is 0 Å². The van der Waals surface area contributed by atoms with Crippen molar-refractivity contribution in [2.75, 3.05) is 10.6 Å². The Morgan fingerprint density at radius 2 is 2.25 bits per heavy atom. The van der Waals surface area contributed by atoms with Gasteiger partial charge in [0.2, 0.25) is 5.91 Å². The van der Waals surface area contributed by atoms with Gasteiger partial charge in [-0.15, -0.1) is 0 Å². The van der Waals surface area contributed by atoms with Crippen LogP contribution in [-0.4, -0.2) is 27.2 Å². The number of thioether (sulfide) groups is 1. The summed E-state index contributed by atoms with van der Waals surface area (Å²) in [4.78, 5) is 22.9. The summed E-state index contributed by atoms with van der Waals surface area (Å²) in [5.41, 5.74) is 8.11. The number of benzene rings is 1. The number of anilines is 2. The van der Waals surface area contributed by atoms with Crippen LogP contribution in [0.4, 0.5) is 11.5 Å². The molecule has 0 saturated carbocycles. The number of nitrogen functional groups attached to an aromatic ring is 1. The highest BCUT2D eigenvalue weighted by atomic mass is 32.2. The minimum Gasteiger partial charge on any atom is -0.382 e. The third-order valence-electron chi connectivity index (χ3n) is 3.99. The number of hydrogen-bond acceptors (Lipinski definition) is 6. The Bertz CT molecular complexity index is 832. The maximum Gasteiger partial charge on any atom is 0.240 e. The molecule has 2 atom stereocenters. The second-order valence-corrected chi connectivity index (χ2v) is 7.02. The Labute approximate surface area is 144 Å². The van der Waals surface area contributed by atoms with Gasteiger partial charge in [0.15, 0.2) is 5.16 Å². The summed E-state index contributed by atoms with van der Waals surface area (Å²) >= 11 is 1.25. The van der Waals surface area contributed by atoms with E-state index in [4.69, 9.17) is 11.0 Å². The molecule has 1 amide bonds. The van der Waals surface area contributed by atoms with Crippen LogP contribution in [0, 0.1) is 11.3 Å². The molecule has 24 heavy (non-hydrogen) atoms. The third-order valence-corrected chi connectivity index (χ3v) is 4.95. The molecular formula is C17H17N5OS. The summed E-state index contributed by atoms with van der Waals surface area (Å²) in [5, 5.41) is 8.91. The van der Waals surface area contributed by atoms with E-state index in [-0.39, 0.29) is 28.6 Å². The maximum atomic E-state index is 12.9. The van der Waals surface area contributed by atoms with Crippen LogP contribution in [0.3, 0.4) is 0 Å². The molecule has 2 N–H and O–H groups in total. The number of nitrogens with two attached hydrogens (primary N) is 1. The lowest BCUT2D eigenvalue weighted by atomic mass is 10.1. The van der Waals surface area contributed by atoms with Gasteiger partial charge < -0.3 is 10.6 Å². The molecule has 0 bridgehead atoms. The number of aromatic nitrogens is 2. The maximum absolute atomic E-state index is 12.9. The van der Waals surface area contributed by atoms with E-state index in [1.165, 1.54) is 23.5 Å². The van der Waals surface area contributed by atoms with Gasteiger partial charge in [-0.1, -0.05) is 30.0 Å². The zero-order valence-electron chi connectivity index (χ0n) is 13.4. The first-order valence-corrected chi connectivity index (χ1v) is 8.49. The van der Waals surface area contributed by atoms with Crippen LogP contribution in [-0.2, 0) is 11.2 Å². The molecule has 0 aliphatic carbocycles. The molecule has 0 radical (unpaired) electrons. The summed E-state index contributed by atoms with van der Waals surface area (Å²) in [6.45, 7) is 3.88. The van der Waals surface area contributed by atoms with Gasteiger partial charge in [0.25, 0.3) is 0 Å². The van der Waals surface area contributed by atoms with E-state index in [0.717, 1.165) is 12.1 Å². The molecule has 6 nitrogen and oxygen atoms in total. The monoisotopic (exact) mass is 339 g/mol. The van der Waals surface area contributed by atoms with Gasteiger partial charge in [-0.2, -0.15) is 5.26 Å². The molecule has 1 aliphatic rings. The normalized spacial score (nSPS) is 17.2. The molecular weight excluding hydrogens is 322 g/mol. The average molecular weight is 339 g/mol. The number of amides is 1. The van der Waals surface area contributed by atoms with Crippen molar-refractivity contribution in [3.63, 3.8) is 0 Å². The first kappa shape index (κ1) is 16.3. The molecule has 0 saturated heterocycles. The molecule has 7 heteroatoms. The van der Waals surface area contributed by atoms with E-state index >= 15 is 0 Å². The lowest BCUT2D eigenvalue weighted by Gasteiger charge is -2.25. The lowest BCUT2D eigenvalue weighted by Crippen LogP contribution is -2.40. The molecule has 3 rings (SSSR count). The van der Waals surface area contributed by atoms with Crippen LogP contribution in [0.15, 0.2) is 35.6 Å². The molecule has 0 spiro atoms. The molecule has 0 fully saturated rings. The molecule has 122 valence electrons. The predicted octanol–water partition coefficient (Wildman–Crippen LogP) is 2.39. The number of carbonyl (C=O) groups excluding carboxylic acids is 1. The van der Waals surface area contributed by atoms with Crippen LogP contribution < -0.4 is 10.6 Å². The molecule has 1 aromatic heterocycles. The number of hydrogen-bond donors (Lipinski definition) is 1. The van der Waals surface area contributed by atoms with Gasteiger partial charge in [0.05, 0.1) is 11.4 Å². The highest BCUT2D eigenvalue weighted by molar-refractivity contribution is 8.00. The molecule has 1 aliphatic heterocycles. The van der Waals surface area contributed by atoms with Crippen LogP contribution in [0.1, 0.15) is 25.0 Å². The summed E-state index contributed by atoms with van der Waals surface area (Å²) < 4.78 is 0. The fourth-order valence-corrected chi connectivity index (χ4v) is 3.62. The fraction of sp³-hybridized carbons (Fsp3) is 0.294. The second kappa shape index (κ2) is 6.49. The van der Waals surface area contributed by atoms with Crippen molar-refractivity contribution in [2.24, 2.45) is 0 Å². The quantitative estimate of drug-likeness (QED) is 0.681. The predicted molar refractivity (Wildman–Crippen MR) is 93.6 cm³/mol. The van der Waals surface area contributed by atoms with Gasteiger partial charge in [-0.3, -0.25) is 4.79 Å². The van der Waals surface area contributed by atoms with Gasteiger partial charge >= 0.3 is 0 Å². The van der Waals surface area contributed by atoms with Crippen molar-refractivity contribution in [1.82, 2.24) is 9.97 Å². The first-order chi connectivity index (χ1) is 11.5. The second-order valence-electron chi connectivity index (χ2n) is 5.71. The average Bonchev–Trinajstić information content (AvgIpc) is 2.90. The summed E-state index contributed by atoms with van der Waals surface area (Å²) in [6, 6.07) is 10.0. The Balaban J connectivity index is 1.78. The molecule has 1 aromatic carbocycles. The molecule has 2 aromatic rings. The number of rotatable bonds is 3. The van der Waals surface area contributed by atoms with E-state index in [2.05, 4.69) is 16.0 Å². The van der Waals surface area contributed by atoms with Crippen LogP contribution in [0.25, 0.3) is 0 Å². The lowest BCUT2D eigenvalue weighted by molar-refractivity contribution is -0.118. The summed E-state index contributed by atoms with van der Waals surface area (Å²) in [5.74, 6) is 0.151. The van der Waals surface area contributed by atoms with Crippen molar-refractivity contribution in [1.29, 1.82) is 5.26 Å². The summed E-state index contributed by atoms with van der Waals surface area (Å²) in [6.07, 6.45) is 2.25. The number of para-hydroxylation sites is 1. The minimum absolute atomic E-state index is 0.0176. The largest absolute Gasteiger partial charge is 0.382 e. The first-order valence-electron chi connectivity index (χ1n) is 7.61. The Kier molecular flexibility index (Phi) is 4.40. The zero-order chi connectivity index (χ0) is 17.3. The highest BCUT2D eigenvalue weighted by Gasteiger charge is 2.33.